The lowest BCUT2D eigenvalue weighted by molar-refractivity contribution is 0.0698. The lowest BCUT2D eigenvalue weighted by atomic mass is 9.98. The summed E-state index contributed by atoms with van der Waals surface area (Å²) in [6.45, 7) is 6.67. The molecule has 0 bridgehead atoms. The molecule has 3 rings (SSSR count). The molecule has 0 aliphatic rings. The van der Waals surface area contributed by atoms with Gasteiger partial charge in [0.05, 0.1) is 23.4 Å². The maximum absolute atomic E-state index is 11.8. The zero-order valence-corrected chi connectivity index (χ0v) is 14.6. The van der Waals surface area contributed by atoms with Gasteiger partial charge in [-0.1, -0.05) is 32.0 Å². The van der Waals surface area contributed by atoms with Gasteiger partial charge in [0.2, 0.25) is 0 Å². The summed E-state index contributed by atoms with van der Waals surface area (Å²) in [5.41, 5.74) is 3.22. The van der Waals surface area contributed by atoms with Crippen LogP contribution >= 0.6 is 0 Å². The van der Waals surface area contributed by atoms with E-state index in [9.17, 15) is 9.90 Å². The Morgan fingerprint density at radius 3 is 2.44 bits per heavy atom. The largest absolute Gasteiger partial charge is 0.493 e. The molecule has 0 fully saturated rings. The Morgan fingerprint density at radius 1 is 1.12 bits per heavy atom. The van der Waals surface area contributed by atoms with Crippen molar-refractivity contribution in [3.05, 3.63) is 59.7 Å². The van der Waals surface area contributed by atoms with Crippen LogP contribution in [0.1, 0.15) is 29.8 Å². The van der Waals surface area contributed by atoms with Crippen LogP contribution in [-0.4, -0.2) is 22.7 Å². The Bertz CT molecular complexity index is 914. The lowest BCUT2D eigenvalue weighted by Gasteiger charge is -2.13. The first-order chi connectivity index (χ1) is 12.0. The minimum absolute atomic E-state index is 0.306. The summed E-state index contributed by atoms with van der Waals surface area (Å²) < 4.78 is 5.71. The van der Waals surface area contributed by atoms with Crippen LogP contribution in [-0.2, 0) is 0 Å². The second kappa shape index (κ2) is 6.93. The third kappa shape index (κ3) is 3.48. The summed E-state index contributed by atoms with van der Waals surface area (Å²) in [7, 11) is 0. The summed E-state index contributed by atoms with van der Waals surface area (Å²) >= 11 is 0. The normalized spacial score (nSPS) is 11.0. The number of carboxylic acid groups (broad SMARTS) is 1. The molecule has 1 heterocycles. The van der Waals surface area contributed by atoms with Crippen LogP contribution in [0.4, 0.5) is 0 Å². The number of hydrogen-bond acceptors (Lipinski definition) is 3. The monoisotopic (exact) mass is 335 g/mol. The minimum atomic E-state index is -0.936. The second-order valence-corrected chi connectivity index (χ2v) is 6.51. The van der Waals surface area contributed by atoms with E-state index < -0.39 is 5.97 Å². The highest BCUT2D eigenvalue weighted by molar-refractivity contribution is 6.05. The number of para-hydroxylation sites is 1. The van der Waals surface area contributed by atoms with Crippen LogP contribution in [0.25, 0.3) is 22.2 Å². The van der Waals surface area contributed by atoms with Gasteiger partial charge in [0.25, 0.3) is 0 Å². The van der Waals surface area contributed by atoms with Crippen LogP contribution < -0.4 is 4.74 Å². The van der Waals surface area contributed by atoms with E-state index in [4.69, 9.17) is 4.74 Å². The zero-order valence-electron chi connectivity index (χ0n) is 14.6. The SMILES string of the molecule is Cc1c(-c2ccc(OCC(C)C)cc2)nc2ccccc2c1C(=O)O. The number of carboxylic acids is 1. The molecule has 4 heteroatoms. The Morgan fingerprint density at radius 2 is 1.80 bits per heavy atom. The maximum atomic E-state index is 11.8. The summed E-state index contributed by atoms with van der Waals surface area (Å²) in [6, 6.07) is 15.0. The Hall–Kier alpha value is -2.88. The quantitative estimate of drug-likeness (QED) is 0.717. The first-order valence-electron chi connectivity index (χ1n) is 8.33. The number of fused-ring (bicyclic) bond motifs is 1. The molecule has 128 valence electrons. The summed E-state index contributed by atoms with van der Waals surface area (Å²) in [5, 5.41) is 10.3. The molecule has 0 spiro atoms. The standard InChI is InChI=1S/C21H21NO3/c1-13(2)12-25-16-10-8-15(9-11-16)20-14(3)19(21(23)24)17-6-4-5-7-18(17)22-20/h4-11,13H,12H2,1-3H3,(H,23,24). The zero-order chi connectivity index (χ0) is 18.0. The molecule has 0 aliphatic heterocycles. The predicted molar refractivity (Wildman–Crippen MR) is 99.2 cm³/mol. The van der Waals surface area contributed by atoms with Gasteiger partial charge in [-0.15, -0.1) is 0 Å². The van der Waals surface area contributed by atoms with Gasteiger partial charge in [0.15, 0.2) is 0 Å². The summed E-state index contributed by atoms with van der Waals surface area (Å²) in [5.74, 6) is 0.325. The molecule has 0 aliphatic carbocycles. The molecule has 25 heavy (non-hydrogen) atoms. The fourth-order valence-electron chi connectivity index (χ4n) is 2.84. The number of carbonyl (C=O) groups is 1. The number of rotatable bonds is 5. The topological polar surface area (TPSA) is 59.4 Å². The van der Waals surface area contributed by atoms with Crippen LogP contribution in [0.5, 0.6) is 5.75 Å². The van der Waals surface area contributed by atoms with Crippen molar-refractivity contribution >= 4 is 16.9 Å². The molecule has 1 N–H and O–H groups in total. The third-order valence-corrected chi connectivity index (χ3v) is 4.06. The van der Waals surface area contributed by atoms with Gasteiger partial charge < -0.3 is 9.84 Å². The average Bonchev–Trinajstić information content (AvgIpc) is 2.59. The van der Waals surface area contributed by atoms with Crippen molar-refractivity contribution < 1.29 is 14.6 Å². The van der Waals surface area contributed by atoms with E-state index >= 15 is 0 Å². The molecule has 1 aromatic heterocycles. The molecule has 0 atom stereocenters. The number of aromatic carboxylic acids is 1. The molecule has 3 aromatic rings. The highest BCUT2D eigenvalue weighted by atomic mass is 16.5. The van der Waals surface area contributed by atoms with E-state index in [0.717, 1.165) is 11.3 Å². The molecular weight excluding hydrogens is 314 g/mol. The van der Waals surface area contributed by atoms with Crippen molar-refractivity contribution in [2.45, 2.75) is 20.8 Å². The summed E-state index contributed by atoms with van der Waals surface area (Å²) in [4.78, 5) is 16.5. The first-order valence-corrected chi connectivity index (χ1v) is 8.33. The number of aromatic nitrogens is 1. The van der Waals surface area contributed by atoms with Gasteiger partial charge in [0, 0.05) is 10.9 Å². The average molecular weight is 335 g/mol. The molecule has 0 saturated carbocycles. The highest BCUT2D eigenvalue weighted by Crippen LogP contribution is 2.30. The Kier molecular flexibility index (Phi) is 4.70. The number of nitrogens with zero attached hydrogens (tertiary/aromatic N) is 1. The van der Waals surface area contributed by atoms with E-state index in [2.05, 4.69) is 18.8 Å². The van der Waals surface area contributed by atoms with Gasteiger partial charge in [-0.05, 0) is 48.7 Å². The van der Waals surface area contributed by atoms with E-state index in [0.29, 0.717) is 40.2 Å². The lowest BCUT2D eigenvalue weighted by Crippen LogP contribution is -2.05. The van der Waals surface area contributed by atoms with Gasteiger partial charge in [-0.3, -0.25) is 0 Å². The minimum Gasteiger partial charge on any atom is -0.493 e. The van der Waals surface area contributed by atoms with E-state index in [1.165, 1.54) is 0 Å². The Balaban J connectivity index is 2.06. The Labute approximate surface area is 147 Å². The fourth-order valence-corrected chi connectivity index (χ4v) is 2.84. The smallest absolute Gasteiger partial charge is 0.336 e. The molecular formula is C21H21NO3. The van der Waals surface area contributed by atoms with Crippen LogP contribution in [0.2, 0.25) is 0 Å². The van der Waals surface area contributed by atoms with Gasteiger partial charge in [-0.2, -0.15) is 0 Å². The van der Waals surface area contributed by atoms with Crippen molar-refractivity contribution in [3.8, 4) is 17.0 Å². The number of hydrogen-bond donors (Lipinski definition) is 1. The third-order valence-electron chi connectivity index (χ3n) is 4.06. The van der Waals surface area contributed by atoms with Crippen molar-refractivity contribution in [1.29, 1.82) is 0 Å². The first kappa shape index (κ1) is 17.0. The van der Waals surface area contributed by atoms with E-state index in [1.807, 2.05) is 42.5 Å². The number of pyridine rings is 1. The van der Waals surface area contributed by atoms with Crippen LogP contribution in [0, 0.1) is 12.8 Å². The van der Waals surface area contributed by atoms with Crippen LogP contribution in [0.15, 0.2) is 48.5 Å². The van der Waals surface area contributed by atoms with Gasteiger partial charge >= 0.3 is 5.97 Å². The second-order valence-electron chi connectivity index (χ2n) is 6.51. The highest BCUT2D eigenvalue weighted by Gasteiger charge is 2.18. The maximum Gasteiger partial charge on any atom is 0.336 e. The van der Waals surface area contributed by atoms with Gasteiger partial charge in [0.1, 0.15) is 5.75 Å². The number of benzene rings is 2. The van der Waals surface area contributed by atoms with E-state index in [1.54, 1.807) is 13.0 Å². The van der Waals surface area contributed by atoms with Crippen molar-refractivity contribution in [2.75, 3.05) is 6.61 Å². The van der Waals surface area contributed by atoms with Crippen LogP contribution in [0.3, 0.4) is 0 Å². The van der Waals surface area contributed by atoms with Crippen molar-refractivity contribution in [3.63, 3.8) is 0 Å². The molecule has 0 unspecified atom stereocenters. The number of ether oxygens (including phenoxy) is 1. The predicted octanol–water partition coefficient (Wildman–Crippen LogP) is 4.94. The van der Waals surface area contributed by atoms with Crippen molar-refractivity contribution in [1.82, 2.24) is 4.98 Å². The molecule has 4 nitrogen and oxygen atoms in total. The molecule has 0 saturated heterocycles. The molecule has 2 aromatic carbocycles. The fraction of sp³-hybridized carbons (Fsp3) is 0.238. The molecule has 0 radical (unpaired) electrons. The molecule has 0 amide bonds. The van der Waals surface area contributed by atoms with Crippen molar-refractivity contribution in [2.24, 2.45) is 5.92 Å². The van der Waals surface area contributed by atoms with Gasteiger partial charge in [-0.25, -0.2) is 9.78 Å². The van der Waals surface area contributed by atoms with E-state index in [-0.39, 0.29) is 0 Å². The summed E-state index contributed by atoms with van der Waals surface area (Å²) in [6.07, 6.45) is 0.